The van der Waals surface area contributed by atoms with Gasteiger partial charge < -0.3 is 10.2 Å². The Morgan fingerprint density at radius 3 is 2.54 bits per heavy atom. The maximum Gasteiger partial charge on any atom is 0.258 e. The van der Waals surface area contributed by atoms with Crippen molar-refractivity contribution in [2.24, 2.45) is 0 Å². The van der Waals surface area contributed by atoms with Gasteiger partial charge in [0.2, 0.25) is 0 Å². The maximum atomic E-state index is 13.9. The summed E-state index contributed by atoms with van der Waals surface area (Å²) in [7, 11) is 0. The Balaban J connectivity index is 1.89. The molecule has 0 bridgehead atoms. The highest BCUT2D eigenvalue weighted by atomic mass is 35.5. The molecule has 1 saturated heterocycles. The number of piperidine rings is 1. The van der Waals surface area contributed by atoms with Crippen molar-refractivity contribution in [2.75, 3.05) is 23.3 Å². The molecule has 1 amide bonds. The number of hydrogen-bond donors (Lipinski definition) is 1. The van der Waals surface area contributed by atoms with Gasteiger partial charge in [0.1, 0.15) is 11.6 Å². The minimum atomic E-state index is -0.673. The first-order chi connectivity index (χ1) is 11.5. The number of nitrogens with one attached hydrogen (secondary N) is 1. The molecule has 1 N–H and O–H groups in total. The lowest BCUT2D eigenvalue weighted by atomic mass is 10.1. The van der Waals surface area contributed by atoms with Gasteiger partial charge in [0, 0.05) is 18.1 Å². The van der Waals surface area contributed by atoms with Crippen molar-refractivity contribution < 1.29 is 13.6 Å². The minimum Gasteiger partial charge on any atom is -0.370 e. The maximum absolute atomic E-state index is 13.9. The summed E-state index contributed by atoms with van der Waals surface area (Å²) in [5.41, 5.74) is 0.907. The molecule has 126 valence electrons. The van der Waals surface area contributed by atoms with Gasteiger partial charge in [-0.3, -0.25) is 4.79 Å². The van der Waals surface area contributed by atoms with Crippen molar-refractivity contribution >= 4 is 28.9 Å². The largest absolute Gasteiger partial charge is 0.370 e. The molecule has 2 aromatic carbocycles. The number of nitrogens with zero attached hydrogens (tertiary/aromatic N) is 1. The Hall–Kier alpha value is -2.14. The molecular weight excluding hydrogens is 334 g/mol. The number of carbonyl (C=O) groups excluding carboxylic acids is 1. The second-order valence-corrected chi connectivity index (χ2v) is 6.22. The Bertz CT molecular complexity index is 761. The average molecular weight is 351 g/mol. The van der Waals surface area contributed by atoms with Crippen LogP contribution < -0.4 is 10.2 Å². The summed E-state index contributed by atoms with van der Waals surface area (Å²) >= 11 is 5.83. The van der Waals surface area contributed by atoms with Gasteiger partial charge in [-0.15, -0.1) is 0 Å². The van der Waals surface area contributed by atoms with E-state index in [2.05, 4.69) is 10.2 Å². The summed E-state index contributed by atoms with van der Waals surface area (Å²) in [4.78, 5) is 14.5. The van der Waals surface area contributed by atoms with Crippen LogP contribution in [0.4, 0.5) is 20.2 Å². The Morgan fingerprint density at radius 2 is 1.79 bits per heavy atom. The topological polar surface area (TPSA) is 32.3 Å². The number of benzene rings is 2. The monoisotopic (exact) mass is 350 g/mol. The van der Waals surface area contributed by atoms with Gasteiger partial charge in [-0.05, 0) is 55.7 Å². The lowest BCUT2D eigenvalue weighted by molar-refractivity contribution is 0.102. The van der Waals surface area contributed by atoms with E-state index in [1.54, 1.807) is 6.07 Å². The van der Waals surface area contributed by atoms with Crippen LogP contribution in [0, 0.1) is 11.6 Å². The molecule has 0 aliphatic carbocycles. The number of hydrogen-bond acceptors (Lipinski definition) is 2. The third kappa shape index (κ3) is 3.67. The first kappa shape index (κ1) is 16.7. The van der Waals surface area contributed by atoms with Crippen LogP contribution in [-0.4, -0.2) is 19.0 Å². The lowest BCUT2D eigenvalue weighted by Gasteiger charge is -2.30. The highest BCUT2D eigenvalue weighted by molar-refractivity contribution is 6.31. The molecule has 0 spiro atoms. The van der Waals surface area contributed by atoms with Gasteiger partial charge in [0.25, 0.3) is 5.91 Å². The highest BCUT2D eigenvalue weighted by Crippen LogP contribution is 2.30. The second kappa shape index (κ2) is 7.18. The van der Waals surface area contributed by atoms with Gasteiger partial charge >= 0.3 is 0 Å². The van der Waals surface area contributed by atoms with E-state index in [0.29, 0.717) is 5.69 Å². The van der Waals surface area contributed by atoms with E-state index in [1.165, 1.54) is 24.3 Å². The van der Waals surface area contributed by atoms with Crippen LogP contribution in [0.2, 0.25) is 5.02 Å². The predicted molar refractivity (Wildman–Crippen MR) is 91.8 cm³/mol. The van der Waals surface area contributed by atoms with Crippen molar-refractivity contribution in [3.05, 3.63) is 58.6 Å². The fourth-order valence-corrected chi connectivity index (χ4v) is 3.05. The molecule has 24 heavy (non-hydrogen) atoms. The van der Waals surface area contributed by atoms with Crippen LogP contribution in [0.15, 0.2) is 36.4 Å². The van der Waals surface area contributed by atoms with E-state index in [1.807, 2.05) is 0 Å². The van der Waals surface area contributed by atoms with E-state index in [4.69, 9.17) is 11.6 Å². The van der Waals surface area contributed by atoms with Crippen LogP contribution >= 0.6 is 11.6 Å². The van der Waals surface area contributed by atoms with Crippen molar-refractivity contribution in [1.82, 2.24) is 0 Å². The minimum absolute atomic E-state index is 0.170. The van der Waals surface area contributed by atoms with Crippen molar-refractivity contribution in [3.8, 4) is 0 Å². The second-order valence-electron chi connectivity index (χ2n) is 5.79. The smallest absolute Gasteiger partial charge is 0.258 e. The zero-order chi connectivity index (χ0) is 17.1. The number of anilines is 2. The molecule has 6 heteroatoms. The average Bonchev–Trinajstić information content (AvgIpc) is 2.58. The van der Waals surface area contributed by atoms with E-state index < -0.39 is 17.5 Å². The molecule has 0 saturated carbocycles. The van der Waals surface area contributed by atoms with Gasteiger partial charge in [0.15, 0.2) is 0 Å². The Labute approximate surface area is 144 Å². The van der Waals surface area contributed by atoms with Crippen LogP contribution in [-0.2, 0) is 0 Å². The standard InChI is InChI=1S/C18H17ClF2N2O/c19-12-4-6-15(21)14(10-12)18(24)22-16-11-13(20)5-7-17(16)23-8-2-1-3-9-23/h4-7,10-11H,1-3,8-9H2,(H,22,24). The summed E-state index contributed by atoms with van der Waals surface area (Å²) in [6.45, 7) is 1.69. The lowest BCUT2D eigenvalue weighted by Crippen LogP contribution is -2.30. The first-order valence-corrected chi connectivity index (χ1v) is 8.23. The highest BCUT2D eigenvalue weighted by Gasteiger charge is 2.19. The molecule has 0 atom stereocenters. The zero-order valence-corrected chi connectivity index (χ0v) is 13.7. The summed E-state index contributed by atoms with van der Waals surface area (Å²) < 4.78 is 27.5. The third-order valence-corrected chi connectivity index (χ3v) is 4.31. The van der Waals surface area contributed by atoms with Crippen molar-refractivity contribution in [1.29, 1.82) is 0 Å². The fraction of sp³-hybridized carbons (Fsp3) is 0.278. The summed E-state index contributed by atoms with van der Waals surface area (Å²) in [6, 6.07) is 8.02. The normalized spacial score (nSPS) is 14.5. The molecule has 1 fully saturated rings. The molecule has 0 radical (unpaired) electrons. The van der Waals surface area contributed by atoms with Gasteiger partial charge in [-0.2, -0.15) is 0 Å². The molecule has 1 aliphatic heterocycles. The predicted octanol–water partition coefficient (Wildman–Crippen LogP) is 4.86. The van der Waals surface area contributed by atoms with Crippen LogP contribution in [0.5, 0.6) is 0 Å². The molecule has 0 unspecified atom stereocenters. The van der Waals surface area contributed by atoms with Crippen molar-refractivity contribution in [3.63, 3.8) is 0 Å². The fourth-order valence-electron chi connectivity index (χ4n) is 2.88. The van der Waals surface area contributed by atoms with E-state index in [0.717, 1.165) is 44.1 Å². The molecule has 2 aromatic rings. The molecule has 3 rings (SSSR count). The summed E-state index contributed by atoms with van der Waals surface area (Å²) in [6.07, 6.45) is 3.26. The molecular formula is C18H17ClF2N2O. The first-order valence-electron chi connectivity index (χ1n) is 7.85. The number of rotatable bonds is 3. The number of halogens is 3. The van der Waals surface area contributed by atoms with Gasteiger partial charge in [0.05, 0.1) is 16.9 Å². The number of carbonyl (C=O) groups is 1. The summed E-state index contributed by atoms with van der Waals surface area (Å²) in [5, 5.41) is 2.87. The quantitative estimate of drug-likeness (QED) is 0.857. The van der Waals surface area contributed by atoms with E-state index >= 15 is 0 Å². The van der Waals surface area contributed by atoms with Gasteiger partial charge in [-0.1, -0.05) is 11.6 Å². The Kier molecular flexibility index (Phi) is 5.00. The van der Waals surface area contributed by atoms with Gasteiger partial charge in [-0.25, -0.2) is 8.78 Å². The van der Waals surface area contributed by atoms with Crippen molar-refractivity contribution in [2.45, 2.75) is 19.3 Å². The van der Waals surface area contributed by atoms with E-state index in [-0.39, 0.29) is 10.6 Å². The van der Waals surface area contributed by atoms with Crippen LogP contribution in [0.3, 0.4) is 0 Å². The molecule has 1 heterocycles. The Morgan fingerprint density at radius 1 is 1.04 bits per heavy atom. The van der Waals surface area contributed by atoms with E-state index in [9.17, 15) is 13.6 Å². The van der Waals surface area contributed by atoms with Crippen LogP contribution in [0.1, 0.15) is 29.6 Å². The molecule has 1 aliphatic rings. The summed E-state index contributed by atoms with van der Waals surface area (Å²) in [5.74, 6) is -1.79. The SMILES string of the molecule is O=C(Nc1cc(F)ccc1N1CCCCC1)c1cc(Cl)ccc1F. The zero-order valence-electron chi connectivity index (χ0n) is 13.0. The number of amides is 1. The third-order valence-electron chi connectivity index (χ3n) is 4.08. The molecule has 0 aromatic heterocycles. The van der Waals surface area contributed by atoms with Crippen LogP contribution in [0.25, 0.3) is 0 Å². The molecule has 3 nitrogen and oxygen atoms in total.